The Bertz CT molecular complexity index is 618. The van der Waals surface area contributed by atoms with Gasteiger partial charge in [0.2, 0.25) is 11.8 Å². The molecular weight excluding hydrogens is 260 g/mol. The third-order valence-corrected chi connectivity index (χ3v) is 2.79. The fraction of sp³-hybridized carbons (Fsp3) is 0.538. The minimum Gasteiger partial charge on any atom is -0.480 e. The Hall–Kier alpha value is -2.18. The van der Waals surface area contributed by atoms with Gasteiger partial charge in [-0.25, -0.2) is 4.68 Å². The van der Waals surface area contributed by atoms with Crippen molar-refractivity contribution in [1.82, 2.24) is 19.9 Å². The van der Waals surface area contributed by atoms with Gasteiger partial charge in [-0.1, -0.05) is 19.0 Å². The molecule has 0 fully saturated rings. The first-order valence-electron chi connectivity index (χ1n) is 6.52. The van der Waals surface area contributed by atoms with Gasteiger partial charge in [-0.05, 0) is 12.3 Å². The van der Waals surface area contributed by atoms with Crippen LogP contribution >= 0.6 is 0 Å². The normalized spacial score (nSPS) is 11.0. The lowest BCUT2D eigenvalue weighted by atomic mass is 10.1. The van der Waals surface area contributed by atoms with Crippen molar-refractivity contribution in [3.05, 3.63) is 34.2 Å². The van der Waals surface area contributed by atoms with Crippen molar-refractivity contribution >= 4 is 0 Å². The summed E-state index contributed by atoms with van der Waals surface area (Å²) >= 11 is 0. The summed E-state index contributed by atoms with van der Waals surface area (Å²) in [6, 6.07) is 2.91. The van der Waals surface area contributed by atoms with Gasteiger partial charge in [0.05, 0.1) is 7.11 Å². The van der Waals surface area contributed by atoms with Crippen LogP contribution in [0.5, 0.6) is 5.88 Å². The van der Waals surface area contributed by atoms with Crippen molar-refractivity contribution in [3.8, 4) is 5.88 Å². The van der Waals surface area contributed by atoms with Gasteiger partial charge in [0.25, 0.3) is 5.56 Å². The van der Waals surface area contributed by atoms with E-state index in [1.54, 1.807) is 0 Å². The molecule has 0 saturated heterocycles. The zero-order chi connectivity index (χ0) is 14.5. The summed E-state index contributed by atoms with van der Waals surface area (Å²) in [5.41, 5.74) is -0.243. The summed E-state index contributed by atoms with van der Waals surface area (Å²) in [5.74, 6) is 1.97. The fourth-order valence-electron chi connectivity index (χ4n) is 1.65. The summed E-state index contributed by atoms with van der Waals surface area (Å²) in [6.07, 6.45) is 1.76. The molecule has 0 amide bonds. The third-order valence-electron chi connectivity index (χ3n) is 2.79. The van der Waals surface area contributed by atoms with E-state index in [9.17, 15) is 4.79 Å². The van der Waals surface area contributed by atoms with E-state index in [2.05, 4.69) is 29.1 Å². The van der Waals surface area contributed by atoms with Gasteiger partial charge in [-0.2, -0.15) is 4.98 Å². The molecule has 2 aromatic rings. The van der Waals surface area contributed by atoms with E-state index in [0.29, 0.717) is 23.5 Å². The quantitative estimate of drug-likeness (QED) is 0.791. The SMILES string of the molecule is COc1ccc(=O)n(Cc2nc(CCC(C)C)no2)n1. The molecule has 2 rings (SSSR count). The Morgan fingerprint density at radius 1 is 1.40 bits per heavy atom. The second kappa shape index (κ2) is 6.31. The highest BCUT2D eigenvalue weighted by Gasteiger charge is 2.10. The predicted octanol–water partition coefficient (Wildman–Crippen LogP) is 1.27. The first-order valence-corrected chi connectivity index (χ1v) is 6.52. The second-order valence-electron chi connectivity index (χ2n) is 4.91. The zero-order valence-electron chi connectivity index (χ0n) is 11.9. The maximum absolute atomic E-state index is 11.7. The van der Waals surface area contributed by atoms with Crippen LogP contribution in [0.3, 0.4) is 0 Å². The average Bonchev–Trinajstić information content (AvgIpc) is 2.86. The lowest BCUT2D eigenvalue weighted by molar-refractivity contribution is 0.345. The first kappa shape index (κ1) is 14.2. The molecule has 0 saturated carbocycles. The van der Waals surface area contributed by atoms with Crippen LogP contribution in [-0.2, 0) is 13.0 Å². The lowest BCUT2D eigenvalue weighted by Crippen LogP contribution is -2.22. The first-order chi connectivity index (χ1) is 9.58. The molecule has 20 heavy (non-hydrogen) atoms. The summed E-state index contributed by atoms with van der Waals surface area (Å²) in [6.45, 7) is 4.42. The predicted molar refractivity (Wildman–Crippen MR) is 71.6 cm³/mol. The minimum absolute atomic E-state index is 0.144. The van der Waals surface area contributed by atoms with Crippen LogP contribution in [0.4, 0.5) is 0 Å². The largest absolute Gasteiger partial charge is 0.480 e. The fourth-order valence-corrected chi connectivity index (χ4v) is 1.65. The number of nitrogens with zero attached hydrogens (tertiary/aromatic N) is 4. The Labute approximate surface area is 116 Å². The summed E-state index contributed by atoms with van der Waals surface area (Å²) in [7, 11) is 1.49. The number of rotatable bonds is 6. The molecule has 0 aliphatic carbocycles. The van der Waals surface area contributed by atoms with Crippen molar-refractivity contribution in [3.63, 3.8) is 0 Å². The summed E-state index contributed by atoms with van der Waals surface area (Å²) in [4.78, 5) is 15.9. The standard InChI is InChI=1S/C13H18N4O3/c1-9(2)4-5-10-14-12(20-16-10)8-17-13(18)7-6-11(15-17)19-3/h6-7,9H,4-5,8H2,1-3H3. The van der Waals surface area contributed by atoms with E-state index in [1.807, 2.05) is 0 Å². The molecule has 7 heteroatoms. The monoisotopic (exact) mass is 278 g/mol. The molecule has 0 N–H and O–H groups in total. The van der Waals surface area contributed by atoms with Gasteiger partial charge in [0.15, 0.2) is 5.82 Å². The van der Waals surface area contributed by atoms with E-state index >= 15 is 0 Å². The summed E-state index contributed by atoms with van der Waals surface area (Å²) in [5, 5.41) is 7.92. The van der Waals surface area contributed by atoms with Crippen molar-refractivity contribution in [2.75, 3.05) is 7.11 Å². The highest BCUT2D eigenvalue weighted by atomic mass is 16.5. The lowest BCUT2D eigenvalue weighted by Gasteiger charge is -2.02. The van der Waals surface area contributed by atoms with E-state index in [1.165, 1.54) is 23.9 Å². The van der Waals surface area contributed by atoms with E-state index < -0.39 is 0 Å². The van der Waals surface area contributed by atoms with Crippen LogP contribution in [-0.4, -0.2) is 27.0 Å². The number of ether oxygens (including phenoxy) is 1. The van der Waals surface area contributed by atoms with Crippen LogP contribution in [0, 0.1) is 5.92 Å². The van der Waals surface area contributed by atoms with Gasteiger partial charge in [0.1, 0.15) is 6.54 Å². The Morgan fingerprint density at radius 2 is 2.20 bits per heavy atom. The van der Waals surface area contributed by atoms with Crippen LogP contribution in [0.2, 0.25) is 0 Å². The number of methoxy groups -OCH3 is 1. The molecule has 2 heterocycles. The van der Waals surface area contributed by atoms with Gasteiger partial charge in [0, 0.05) is 18.6 Å². The minimum atomic E-state index is -0.243. The Morgan fingerprint density at radius 3 is 2.90 bits per heavy atom. The molecule has 0 aliphatic heterocycles. The van der Waals surface area contributed by atoms with Gasteiger partial charge in [-0.3, -0.25) is 4.79 Å². The summed E-state index contributed by atoms with van der Waals surface area (Å²) < 4.78 is 11.3. The zero-order valence-corrected chi connectivity index (χ0v) is 11.9. The van der Waals surface area contributed by atoms with E-state index in [4.69, 9.17) is 9.26 Å². The average molecular weight is 278 g/mol. The van der Waals surface area contributed by atoms with E-state index in [-0.39, 0.29) is 12.1 Å². The molecule has 0 bridgehead atoms. The maximum atomic E-state index is 11.7. The van der Waals surface area contributed by atoms with Crippen molar-refractivity contribution in [2.45, 2.75) is 33.2 Å². The van der Waals surface area contributed by atoms with Crippen LogP contribution in [0.1, 0.15) is 32.0 Å². The second-order valence-corrected chi connectivity index (χ2v) is 4.91. The Balaban J connectivity index is 2.08. The molecule has 0 aromatic carbocycles. The van der Waals surface area contributed by atoms with E-state index in [0.717, 1.165) is 12.8 Å². The van der Waals surface area contributed by atoms with Crippen molar-refractivity contribution < 1.29 is 9.26 Å². The van der Waals surface area contributed by atoms with Gasteiger partial charge in [-0.15, -0.1) is 5.10 Å². The molecule has 0 unspecified atom stereocenters. The maximum Gasteiger partial charge on any atom is 0.267 e. The number of hydrogen-bond acceptors (Lipinski definition) is 6. The smallest absolute Gasteiger partial charge is 0.267 e. The van der Waals surface area contributed by atoms with Crippen molar-refractivity contribution in [2.24, 2.45) is 5.92 Å². The molecule has 0 aliphatic rings. The van der Waals surface area contributed by atoms with Crippen LogP contribution in [0.25, 0.3) is 0 Å². The highest BCUT2D eigenvalue weighted by molar-refractivity contribution is 5.06. The Kier molecular flexibility index (Phi) is 4.49. The topological polar surface area (TPSA) is 83.0 Å². The van der Waals surface area contributed by atoms with Crippen molar-refractivity contribution in [1.29, 1.82) is 0 Å². The molecule has 2 aromatic heterocycles. The molecule has 0 radical (unpaired) electrons. The molecular formula is C13H18N4O3. The molecule has 0 atom stereocenters. The number of hydrogen-bond donors (Lipinski definition) is 0. The number of aromatic nitrogens is 4. The van der Waals surface area contributed by atoms with Crippen LogP contribution in [0.15, 0.2) is 21.5 Å². The molecule has 0 spiro atoms. The third kappa shape index (κ3) is 3.66. The van der Waals surface area contributed by atoms with Gasteiger partial charge < -0.3 is 9.26 Å². The highest BCUT2D eigenvalue weighted by Crippen LogP contribution is 2.07. The number of aryl methyl sites for hydroxylation is 1. The van der Waals surface area contributed by atoms with Crippen LogP contribution < -0.4 is 10.3 Å². The van der Waals surface area contributed by atoms with Gasteiger partial charge >= 0.3 is 0 Å². The molecule has 108 valence electrons. The molecule has 7 nitrogen and oxygen atoms in total.